The first-order valence-electron chi connectivity index (χ1n) is 8.50. The fraction of sp³-hybridized carbons (Fsp3) is 0.368. The first kappa shape index (κ1) is 17.6. The fourth-order valence-corrected chi connectivity index (χ4v) is 3.67. The molecule has 0 radical (unpaired) electrons. The van der Waals surface area contributed by atoms with Gasteiger partial charge in [0, 0.05) is 48.7 Å². The third kappa shape index (κ3) is 4.90. The zero-order valence-electron chi connectivity index (χ0n) is 14.6. The molecule has 1 aromatic carbocycles. The van der Waals surface area contributed by atoms with Gasteiger partial charge in [0.05, 0.1) is 12.2 Å². The Balaban J connectivity index is 1.52. The zero-order chi connectivity index (χ0) is 17.6. The van der Waals surface area contributed by atoms with E-state index in [0.717, 1.165) is 30.3 Å². The van der Waals surface area contributed by atoms with Crippen LogP contribution in [0.1, 0.15) is 24.3 Å². The summed E-state index contributed by atoms with van der Waals surface area (Å²) in [6.07, 6.45) is 8.16. The lowest BCUT2D eigenvalue weighted by molar-refractivity contribution is -0.00719. The minimum absolute atomic E-state index is 0.289. The second-order valence-corrected chi connectivity index (χ2v) is 7.46. The van der Waals surface area contributed by atoms with Gasteiger partial charge in [-0.15, -0.1) is 11.3 Å². The number of rotatable bonds is 8. The summed E-state index contributed by atoms with van der Waals surface area (Å²) in [6.45, 7) is 6.04. The monoisotopic (exact) mass is 356 g/mol. The van der Waals surface area contributed by atoms with Crippen molar-refractivity contribution in [2.75, 3.05) is 23.3 Å². The molecule has 1 aliphatic rings. The first-order valence-corrected chi connectivity index (χ1v) is 9.32. The lowest BCUT2D eigenvalue weighted by atomic mass is 10.1. The average molecular weight is 356 g/mol. The molecule has 2 aromatic rings. The van der Waals surface area contributed by atoms with Gasteiger partial charge < -0.3 is 20.4 Å². The molecular weight excluding hydrogens is 332 g/mol. The molecule has 132 valence electrons. The number of hydrogen-bond acceptors (Lipinski definition) is 6. The van der Waals surface area contributed by atoms with Crippen LogP contribution in [0.4, 0.5) is 10.8 Å². The van der Waals surface area contributed by atoms with Crippen LogP contribution in [-0.2, 0) is 11.2 Å². The van der Waals surface area contributed by atoms with Crippen molar-refractivity contribution in [3.63, 3.8) is 0 Å². The Labute approximate surface area is 152 Å². The molecule has 0 bridgehead atoms. The standard InChI is InChI=1S/C19H24N4OS/c1-14(2)24-17-12-23(13-17)19-22-11-18(25-19)10-15-4-6-16(7-5-15)21-9-3-8-20/h3-9,11,14,17,20-21H,10,12-13H2,1-2H3/b9-3-,20-8?. The van der Waals surface area contributed by atoms with Gasteiger partial charge in [-0.25, -0.2) is 4.98 Å². The molecule has 3 rings (SSSR count). The predicted octanol–water partition coefficient (Wildman–Crippen LogP) is 3.92. The van der Waals surface area contributed by atoms with E-state index in [9.17, 15) is 0 Å². The van der Waals surface area contributed by atoms with Crippen molar-refractivity contribution in [3.8, 4) is 0 Å². The Hall–Kier alpha value is -2.18. The molecule has 0 atom stereocenters. The SMILES string of the molecule is CC(C)OC1CN(c2ncc(Cc3ccc(N/C=C\C=N)cc3)s2)C1. The number of anilines is 2. The van der Waals surface area contributed by atoms with E-state index in [2.05, 4.69) is 53.3 Å². The van der Waals surface area contributed by atoms with Gasteiger partial charge in [0.25, 0.3) is 0 Å². The number of ether oxygens (including phenoxy) is 1. The minimum atomic E-state index is 0.289. The topological polar surface area (TPSA) is 61.2 Å². The Morgan fingerprint density at radius 1 is 1.36 bits per heavy atom. The molecule has 25 heavy (non-hydrogen) atoms. The Kier molecular flexibility index (Phi) is 5.83. The van der Waals surface area contributed by atoms with Crippen molar-refractivity contribution in [1.29, 1.82) is 5.41 Å². The number of thiazole rings is 1. The van der Waals surface area contributed by atoms with Gasteiger partial charge in [0.2, 0.25) is 0 Å². The largest absolute Gasteiger partial charge is 0.372 e. The summed E-state index contributed by atoms with van der Waals surface area (Å²) in [5.74, 6) is 0. The Morgan fingerprint density at radius 2 is 2.12 bits per heavy atom. The van der Waals surface area contributed by atoms with Gasteiger partial charge in [0.15, 0.2) is 5.13 Å². The van der Waals surface area contributed by atoms with Crippen LogP contribution in [0.25, 0.3) is 0 Å². The number of allylic oxidation sites excluding steroid dienone is 1. The molecule has 2 N–H and O–H groups in total. The Bertz CT molecular complexity index is 717. The van der Waals surface area contributed by atoms with E-state index in [1.54, 1.807) is 23.6 Å². The summed E-state index contributed by atoms with van der Waals surface area (Å²) in [4.78, 5) is 8.11. The molecule has 0 saturated carbocycles. The van der Waals surface area contributed by atoms with Crippen LogP contribution in [0.2, 0.25) is 0 Å². The molecule has 2 heterocycles. The maximum absolute atomic E-state index is 6.95. The van der Waals surface area contributed by atoms with Crippen molar-refractivity contribution in [1.82, 2.24) is 4.98 Å². The van der Waals surface area contributed by atoms with Gasteiger partial charge in [-0.1, -0.05) is 12.1 Å². The van der Waals surface area contributed by atoms with Crippen molar-refractivity contribution < 1.29 is 4.74 Å². The molecular formula is C19H24N4OS. The molecule has 1 aliphatic heterocycles. The summed E-state index contributed by atoms with van der Waals surface area (Å²) in [6, 6.07) is 8.34. The average Bonchev–Trinajstić information content (AvgIpc) is 3.00. The van der Waals surface area contributed by atoms with E-state index in [4.69, 9.17) is 10.1 Å². The highest BCUT2D eigenvalue weighted by atomic mass is 32.1. The molecule has 6 heteroatoms. The van der Waals surface area contributed by atoms with Crippen LogP contribution in [0.15, 0.2) is 42.7 Å². The van der Waals surface area contributed by atoms with E-state index in [0.29, 0.717) is 6.10 Å². The van der Waals surface area contributed by atoms with Gasteiger partial charge in [-0.2, -0.15) is 0 Å². The number of nitrogens with zero attached hydrogens (tertiary/aromatic N) is 2. The van der Waals surface area contributed by atoms with E-state index in [-0.39, 0.29) is 6.10 Å². The summed E-state index contributed by atoms with van der Waals surface area (Å²) in [5.41, 5.74) is 2.28. The highest BCUT2D eigenvalue weighted by Gasteiger charge is 2.30. The number of aromatic nitrogens is 1. The zero-order valence-corrected chi connectivity index (χ0v) is 15.4. The second-order valence-electron chi connectivity index (χ2n) is 6.36. The van der Waals surface area contributed by atoms with Gasteiger partial charge in [-0.3, -0.25) is 0 Å². The quantitative estimate of drug-likeness (QED) is 0.704. The lowest BCUT2D eigenvalue weighted by Crippen LogP contribution is -2.53. The van der Waals surface area contributed by atoms with E-state index in [1.807, 2.05) is 6.20 Å². The maximum atomic E-state index is 6.95. The highest BCUT2D eigenvalue weighted by molar-refractivity contribution is 7.15. The number of hydrogen-bond donors (Lipinski definition) is 2. The van der Waals surface area contributed by atoms with Crippen LogP contribution < -0.4 is 10.2 Å². The van der Waals surface area contributed by atoms with Gasteiger partial charge in [0.1, 0.15) is 0 Å². The van der Waals surface area contributed by atoms with Crippen LogP contribution in [0, 0.1) is 5.41 Å². The molecule has 1 fully saturated rings. The predicted molar refractivity (Wildman–Crippen MR) is 105 cm³/mol. The van der Waals surface area contributed by atoms with E-state index in [1.165, 1.54) is 16.7 Å². The third-order valence-electron chi connectivity index (χ3n) is 3.90. The third-order valence-corrected chi connectivity index (χ3v) is 4.96. The van der Waals surface area contributed by atoms with Crippen LogP contribution >= 0.6 is 11.3 Å². The highest BCUT2D eigenvalue weighted by Crippen LogP contribution is 2.29. The first-order chi connectivity index (χ1) is 12.1. The fourth-order valence-electron chi connectivity index (χ4n) is 2.70. The molecule has 0 unspecified atom stereocenters. The number of nitrogens with one attached hydrogen (secondary N) is 2. The molecule has 1 aromatic heterocycles. The second kappa shape index (κ2) is 8.27. The van der Waals surface area contributed by atoms with Crippen LogP contribution in [0.3, 0.4) is 0 Å². The van der Waals surface area contributed by atoms with Crippen molar-refractivity contribution in [2.45, 2.75) is 32.5 Å². The van der Waals surface area contributed by atoms with Crippen molar-refractivity contribution >= 4 is 28.4 Å². The van der Waals surface area contributed by atoms with Crippen molar-refractivity contribution in [3.05, 3.63) is 53.2 Å². The van der Waals surface area contributed by atoms with Gasteiger partial charge >= 0.3 is 0 Å². The van der Waals surface area contributed by atoms with Gasteiger partial charge in [-0.05, 0) is 37.6 Å². The van der Waals surface area contributed by atoms with Crippen LogP contribution in [0.5, 0.6) is 0 Å². The summed E-state index contributed by atoms with van der Waals surface area (Å²) >= 11 is 1.76. The number of benzene rings is 1. The summed E-state index contributed by atoms with van der Waals surface area (Å²) < 4.78 is 5.80. The summed E-state index contributed by atoms with van der Waals surface area (Å²) in [7, 11) is 0. The maximum Gasteiger partial charge on any atom is 0.185 e. The minimum Gasteiger partial charge on any atom is -0.372 e. The van der Waals surface area contributed by atoms with Crippen LogP contribution in [-0.4, -0.2) is 36.5 Å². The molecule has 0 aliphatic carbocycles. The summed E-state index contributed by atoms with van der Waals surface area (Å²) in [5, 5.41) is 11.2. The Morgan fingerprint density at radius 3 is 2.80 bits per heavy atom. The molecule has 0 spiro atoms. The smallest absolute Gasteiger partial charge is 0.185 e. The lowest BCUT2D eigenvalue weighted by Gasteiger charge is -2.39. The van der Waals surface area contributed by atoms with E-state index >= 15 is 0 Å². The van der Waals surface area contributed by atoms with Crippen molar-refractivity contribution in [2.24, 2.45) is 0 Å². The molecule has 0 amide bonds. The van der Waals surface area contributed by atoms with E-state index < -0.39 is 0 Å². The molecule has 1 saturated heterocycles. The molecule has 5 nitrogen and oxygen atoms in total. The normalized spacial score (nSPS) is 14.9.